The van der Waals surface area contributed by atoms with Crippen LogP contribution in [0.4, 0.5) is 0 Å². The number of rotatable bonds is 6. The molecule has 0 N–H and O–H groups in total. The van der Waals surface area contributed by atoms with E-state index in [4.69, 9.17) is 4.74 Å². The van der Waals surface area contributed by atoms with E-state index in [1.165, 1.54) is 38.5 Å². The zero-order chi connectivity index (χ0) is 19.9. The van der Waals surface area contributed by atoms with Gasteiger partial charge >= 0.3 is 0 Å². The van der Waals surface area contributed by atoms with E-state index in [0.29, 0.717) is 23.2 Å². The minimum Gasteiger partial charge on any atom is -0.377 e. The molecule has 0 radical (unpaired) electrons. The van der Waals surface area contributed by atoms with Gasteiger partial charge in [0.05, 0.1) is 12.7 Å². The second-order valence-electron chi connectivity index (χ2n) is 10.5. The fraction of sp³-hybridized carbons (Fsp3) is 0.880. The number of ether oxygens (including phenoxy) is 1. The number of nitrogens with zero attached hydrogens (tertiary/aromatic N) is 1. The predicted molar refractivity (Wildman–Crippen MR) is 121 cm³/mol. The molecule has 4 aliphatic carbocycles. The first-order valence-corrected chi connectivity index (χ1v) is 12.0. The highest BCUT2D eigenvalue weighted by molar-refractivity contribution is 5.97. The van der Waals surface area contributed by atoms with Crippen LogP contribution in [0.1, 0.15) is 72.6 Å². The van der Waals surface area contributed by atoms with E-state index < -0.39 is 0 Å². The minimum absolute atomic E-state index is 0. The summed E-state index contributed by atoms with van der Waals surface area (Å²) in [7, 11) is 0. The van der Waals surface area contributed by atoms with Crippen molar-refractivity contribution >= 4 is 18.2 Å². The second kappa shape index (κ2) is 9.01. The number of likely N-dealkylation sites (N-methyl/N-ethyl adjacent to an activating group) is 1. The summed E-state index contributed by atoms with van der Waals surface area (Å²) in [6, 6.07) is 0. The van der Waals surface area contributed by atoms with Crippen LogP contribution in [-0.2, 0) is 9.53 Å². The maximum Gasteiger partial charge on any atom is 0.161 e. The molecule has 0 aliphatic heterocycles. The highest BCUT2D eigenvalue weighted by Crippen LogP contribution is 2.64. The average molecular weight is 424 g/mol. The van der Waals surface area contributed by atoms with Crippen LogP contribution in [0.3, 0.4) is 0 Å². The summed E-state index contributed by atoms with van der Waals surface area (Å²) in [4.78, 5) is 14.9. The predicted octanol–water partition coefficient (Wildman–Crippen LogP) is 5.52. The van der Waals surface area contributed by atoms with Crippen molar-refractivity contribution in [3.63, 3.8) is 0 Å². The van der Waals surface area contributed by atoms with Crippen LogP contribution >= 0.6 is 12.4 Å². The van der Waals surface area contributed by atoms with Crippen LogP contribution in [0.2, 0.25) is 0 Å². The van der Waals surface area contributed by atoms with Crippen LogP contribution in [0, 0.1) is 34.5 Å². The summed E-state index contributed by atoms with van der Waals surface area (Å²) in [6.07, 6.45) is 13.5. The Morgan fingerprint density at radius 1 is 1.10 bits per heavy atom. The molecule has 0 heterocycles. The molecule has 0 amide bonds. The summed E-state index contributed by atoms with van der Waals surface area (Å²) < 4.78 is 6.35. The summed E-state index contributed by atoms with van der Waals surface area (Å²) >= 11 is 0. The molecule has 0 bridgehead atoms. The van der Waals surface area contributed by atoms with Crippen molar-refractivity contribution in [3.05, 3.63) is 12.2 Å². The number of ketones is 1. The maximum absolute atomic E-state index is 12.5. The first-order chi connectivity index (χ1) is 13.4. The molecule has 0 aromatic heterocycles. The highest BCUT2D eigenvalue weighted by atomic mass is 35.5. The Morgan fingerprint density at radius 2 is 1.86 bits per heavy atom. The third-order valence-corrected chi connectivity index (χ3v) is 9.54. The van der Waals surface area contributed by atoms with E-state index in [-0.39, 0.29) is 17.8 Å². The SMILES string of the molecule is CCN(CC)CCO[C@H]1CC[C@@]2(C)C(CC[C@@H]3[C@@H]2CC[C@]2(C)C(=O)C=C[C@@H]32)C1.Cl. The number of hydrogen-bond acceptors (Lipinski definition) is 3. The lowest BCUT2D eigenvalue weighted by atomic mass is 9.45. The van der Waals surface area contributed by atoms with Crippen molar-refractivity contribution in [3.8, 4) is 0 Å². The third-order valence-electron chi connectivity index (χ3n) is 9.54. The van der Waals surface area contributed by atoms with E-state index in [2.05, 4.69) is 38.7 Å². The van der Waals surface area contributed by atoms with Gasteiger partial charge in [0.1, 0.15) is 0 Å². The van der Waals surface area contributed by atoms with E-state index >= 15 is 0 Å². The number of allylic oxidation sites excluding steroid dienone is 2. The van der Waals surface area contributed by atoms with Gasteiger partial charge in [-0.2, -0.15) is 0 Å². The lowest BCUT2D eigenvalue weighted by Gasteiger charge is -2.60. The fourth-order valence-corrected chi connectivity index (χ4v) is 7.53. The standard InChI is InChI=1S/C25H41NO2.ClH/c1-5-26(6-2)15-16-28-19-11-13-24(3)18(17-19)7-8-20-21-9-10-23(27)25(21,4)14-12-22(20)24;/h9-10,18-22H,5-8,11-17H2,1-4H3;1H/t18?,19-,20-,21-,22-,24-,25-;/m0./s1. The average Bonchev–Trinajstić information content (AvgIpc) is 3.00. The van der Waals surface area contributed by atoms with Gasteiger partial charge in [-0.05, 0) is 93.2 Å². The smallest absolute Gasteiger partial charge is 0.161 e. The zero-order valence-electron chi connectivity index (χ0n) is 19.0. The number of hydrogen-bond donors (Lipinski definition) is 0. The van der Waals surface area contributed by atoms with Crippen molar-refractivity contribution in [1.82, 2.24) is 4.90 Å². The van der Waals surface area contributed by atoms with Gasteiger partial charge in [0.25, 0.3) is 0 Å². The Hall–Kier alpha value is -0.380. The monoisotopic (exact) mass is 423 g/mol. The quantitative estimate of drug-likeness (QED) is 0.563. The van der Waals surface area contributed by atoms with Crippen LogP contribution in [0.15, 0.2) is 12.2 Å². The number of carbonyl (C=O) groups excluding carboxylic acids is 1. The largest absolute Gasteiger partial charge is 0.377 e. The van der Waals surface area contributed by atoms with Gasteiger partial charge in [0.15, 0.2) is 5.78 Å². The number of halogens is 1. The van der Waals surface area contributed by atoms with Gasteiger partial charge in [-0.25, -0.2) is 0 Å². The molecular formula is C25H42ClNO2. The van der Waals surface area contributed by atoms with Crippen LogP contribution in [0.25, 0.3) is 0 Å². The van der Waals surface area contributed by atoms with E-state index in [0.717, 1.165) is 50.4 Å². The molecule has 3 saturated carbocycles. The summed E-state index contributed by atoms with van der Waals surface area (Å²) in [5.74, 6) is 3.24. The Kier molecular flexibility index (Phi) is 7.23. The van der Waals surface area contributed by atoms with E-state index in [9.17, 15) is 4.79 Å². The van der Waals surface area contributed by atoms with Crippen molar-refractivity contribution in [2.75, 3.05) is 26.2 Å². The molecule has 0 aromatic carbocycles. The van der Waals surface area contributed by atoms with E-state index in [1.807, 2.05) is 6.08 Å². The van der Waals surface area contributed by atoms with Gasteiger partial charge in [-0.1, -0.05) is 33.8 Å². The lowest BCUT2D eigenvalue weighted by molar-refractivity contribution is -0.142. The first kappa shape index (κ1) is 23.3. The number of carbonyl (C=O) groups is 1. The molecule has 4 heteroatoms. The fourth-order valence-electron chi connectivity index (χ4n) is 7.53. The third kappa shape index (κ3) is 3.96. The van der Waals surface area contributed by atoms with Crippen LogP contribution in [0.5, 0.6) is 0 Å². The Balaban J connectivity index is 0.00000240. The Morgan fingerprint density at radius 3 is 2.59 bits per heavy atom. The molecule has 0 spiro atoms. The normalized spacial score (nSPS) is 43.5. The maximum atomic E-state index is 12.5. The van der Waals surface area contributed by atoms with Crippen molar-refractivity contribution < 1.29 is 9.53 Å². The van der Waals surface area contributed by atoms with Gasteiger partial charge in [0, 0.05) is 12.0 Å². The van der Waals surface area contributed by atoms with Gasteiger partial charge in [-0.15, -0.1) is 12.4 Å². The molecule has 29 heavy (non-hydrogen) atoms. The van der Waals surface area contributed by atoms with Gasteiger partial charge in [0.2, 0.25) is 0 Å². The summed E-state index contributed by atoms with van der Waals surface area (Å²) in [5.41, 5.74) is 0.373. The van der Waals surface area contributed by atoms with Crippen LogP contribution < -0.4 is 0 Å². The molecular weight excluding hydrogens is 382 g/mol. The molecule has 0 saturated heterocycles. The highest BCUT2D eigenvalue weighted by Gasteiger charge is 2.59. The van der Waals surface area contributed by atoms with Crippen molar-refractivity contribution in [2.45, 2.75) is 78.7 Å². The lowest BCUT2D eigenvalue weighted by Crippen LogP contribution is -2.54. The molecule has 3 nitrogen and oxygen atoms in total. The molecule has 166 valence electrons. The van der Waals surface area contributed by atoms with Crippen molar-refractivity contribution in [2.24, 2.45) is 34.5 Å². The topological polar surface area (TPSA) is 29.5 Å². The van der Waals surface area contributed by atoms with Crippen molar-refractivity contribution in [1.29, 1.82) is 0 Å². The Bertz CT molecular complexity index is 618. The molecule has 3 fully saturated rings. The summed E-state index contributed by atoms with van der Waals surface area (Å²) in [5, 5.41) is 0. The van der Waals surface area contributed by atoms with Gasteiger partial charge in [-0.3, -0.25) is 4.79 Å². The molecule has 0 aromatic rings. The van der Waals surface area contributed by atoms with Gasteiger partial charge < -0.3 is 9.64 Å². The first-order valence-electron chi connectivity index (χ1n) is 12.0. The molecule has 4 rings (SSSR count). The Labute approximate surface area is 184 Å². The molecule has 1 unspecified atom stereocenters. The number of fused-ring (bicyclic) bond motifs is 5. The molecule has 4 aliphatic rings. The molecule has 7 atom stereocenters. The second-order valence-corrected chi connectivity index (χ2v) is 10.5. The van der Waals surface area contributed by atoms with E-state index in [1.54, 1.807) is 0 Å². The minimum atomic E-state index is -0.0882. The zero-order valence-corrected chi connectivity index (χ0v) is 19.8. The van der Waals surface area contributed by atoms with Crippen LogP contribution in [-0.4, -0.2) is 43.0 Å². The summed E-state index contributed by atoms with van der Waals surface area (Å²) in [6.45, 7) is 13.5.